The predicted molar refractivity (Wildman–Crippen MR) is 141 cm³/mol. The van der Waals surface area contributed by atoms with E-state index in [1.54, 1.807) is 12.1 Å². The Bertz CT molecular complexity index is 1310. The Morgan fingerprint density at radius 1 is 1.18 bits per heavy atom. The highest BCUT2D eigenvalue weighted by Crippen LogP contribution is 2.62. The fourth-order valence-electron chi connectivity index (χ4n) is 6.13. The van der Waals surface area contributed by atoms with Crippen LogP contribution in [-0.4, -0.2) is 27.9 Å². The van der Waals surface area contributed by atoms with E-state index in [1.165, 1.54) is 17.4 Å². The van der Waals surface area contributed by atoms with E-state index in [0.29, 0.717) is 29.9 Å². The number of ether oxygens (including phenoxy) is 1. The number of benzene rings is 2. The van der Waals surface area contributed by atoms with Crippen LogP contribution in [-0.2, 0) is 23.8 Å². The van der Waals surface area contributed by atoms with Gasteiger partial charge in [0.25, 0.3) is 0 Å². The van der Waals surface area contributed by atoms with Crippen LogP contribution in [0.2, 0.25) is 0 Å². The molecule has 1 aromatic heterocycles. The molecule has 38 heavy (non-hydrogen) atoms. The van der Waals surface area contributed by atoms with Crippen molar-refractivity contribution in [2.75, 3.05) is 6.61 Å². The molecule has 2 N–H and O–H groups in total. The van der Waals surface area contributed by atoms with Crippen molar-refractivity contribution < 1.29 is 28.1 Å². The second-order valence-corrected chi connectivity index (χ2v) is 11.3. The number of aromatic nitrogens is 1. The zero-order chi connectivity index (χ0) is 27.2. The number of alkyl halides is 3. The van der Waals surface area contributed by atoms with Gasteiger partial charge in [0, 0.05) is 23.9 Å². The Morgan fingerprint density at radius 3 is 2.55 bits per heavy atom. The van der Waals surface area contributed by atoms with E-state index < -0.39 is 29.5 Å². The van der Waals surface area contributed by atoms with Crippen LogP contribution in [0.15, 0.2) is 61.2 Å². The van der Waals surface area contributed by atoms with Crippen LogP contribution < -0.4 is 0 Å². The van der Waals surface area contributed by atoms with Crippen LogP contribution in [0.4, 0.5) is 13.2 Å². The Kier molecular flexibility index (Phi) is 7.28. The average molecular weight is 544 g/mol. The second-order valence-electron chi connectivity index (χ2n) is 10.2. The fourth-order valence-corrected chi connectivity index (χ4v) is 7.41. The van der Waals surface area contributed by atoms with Crippen molar-refractivity contribution in [3.8, 4) is 0 Å². The van der Waals surface area contributed by atoms with Crippen LogP contribution in [0.3, 0.4) is 0 Å². The second kappa shape index (κ2) is 10.2. The highest BCUT2D eigenvalue weighted by Gasteiger charge is 2.58. The van der Waals surface area contributed by atoms with Gasteiger partial charge >= 0.3 is 6.18 Å². The van der Waals surface area contributed by atoms with Gasteiger partial charge in [-0.15, -0.1) is 17.9 Å². The summed E-state index contributed by atoms with van der Waals surface area (Å²) in [4.78, 5) is 5.47. The summed E-state index contributed by atoms with van der Waals surface area (Å²) in [6.45, 7) is 8.27. The highest BCUT2D eigenvalue weighted by molar-refractivity contribution is 7.12. The molecular formula is C30H32F3NO3S. The minimum atomic E-state index is -4.44. The zero-order valence-corrected chi connectivity index (χ0v) is 22.2. The van der Waals surface area contributed by atoms with E-state index in [2.05, 4.69) is 6.58 Å². The zero-order valence-electron chi connectivity index (χ0n) is 21.4. The predicted octanol–water partition coefficient (Wildman–Crippen LogP) is 6.78. The number of rotatable bonds is 9. The lowest BCUT2D eigenvalue weighted by atomic mass is 9.67. The number of nitrogens with zero attached hydrogens (tertiary/aromatic N) is 1. The Balaban J connectivity index is 1.50. The van der Waals surface area contributed by atoms with Crippen molar-refractivity contribution in [3.63, 3.8) is 0 Å². The molecule has 2 aliphatic carbocycles. The molecule has 202 valence electrons. The molecule has 0 amide bonds. The van der Waals surface area contributed by atoms with Crippen LogP contribution in [0.25, 0.3) is 0 Å². The number of aliphatic hydroxyl groups is 2. The summed E-state index contributed by atoms with van der Waals surface area (Å²) in [5.41, 5.74) is 1.56. The summed E-state index contributed by atoms with van der Waals surface area (Å²) in [5, 5.41) is 23.2. The lowest BCUT2D eigenvalue weighted by Crippen LogP contribution is -2.39. The lowest BCUT2D eigenvalue weighted by Gasteiger charge is -2.38. The maximum absolute atomic E-state index is 13.6. The number of thiazole rings is 1. The van der Waals surface area contributed by atoms with Crippen molar-refractivity contribution in [2.24, 2.45) is 11.3 Å². The summed E-state index contributed by atoms with van der Waals surface area (Å²) in [6, 6.07) is 13.6. The first-order valence-corrected chi connectivity index (χ1v) is 13.8. The molecule has 0 spiro atoms. The monoisotopic (exact) mass is 543 g/mol. The van der Waals surface area contributed by atoms with Gasteiger partial charge in [0.15, 0.2) is 6.29 Å². The Morgan fingerprint density at radius 2 is 1.92 bits per heavy atom. The SMILES string of the molecule is C=CC1(C(O)C2CC2c2nc(CC)c(C(O)OCC)s2)Cc2cc(C(F)(F)F)ccc2C1c1ccccc1. The minimum absolute atomic E-state index is 0.00516. The minimum Gasteiger partial charge on any atom is -0.392 e. The van der Waals surface area contributed by atoms with Crippen molar-refractivity contribution in [2.45, 2.75) is 63.5 Å². The van der Waals surface area contributed by atoms with Crippen LogP contribution in [0.1, 0.15) is 76.2 Å². The van der Waals surface area contributed by atoms with E-state index in [4.69, 9.17) is 9.72 Å². The Labute approximate surface area is 224 Å². The molecule has 0 radical (unpaired) electrons. The molecule has 0 saturated heterocycles. The van der Waals surface area contributed by atoms with Gasteiger partial charge in [-0.25, -0.2) is 4.98 Å². The maximum Gasteiger partial charge on any atom is 0.416 e. The standard InChI is InChI=1S/C30H32F3NO3S/c1-4-23-25(28(36)37-6-3)38-27(34-23)22-15-21(22)26(35)29(5-2)16-18-14-19(30(31,32)33)12-13-20(18)24(29)17-10-8-7-9-11-17/h5,7-14,21-22,24,26,28,35-36H,2,4,6,15-16H2,1,3H3. The number of aliphatic hydroxyl groups excluding tert-OH is 2. The largest absolute Gasteiger partial charge is 0.416 e. The summed E-state index contributed by atoms with van der Waals surface area (Å²) in [5.74, 6) is -0.443. The van der Waals surface area contributed by atoms with Gasteiger partial charge in [0.2, 0.25) is 0 Å². The smallest absolute Gasteiger partial charge is 0.392 e. The molecule has 6 unspecified atom stereocenters. The number of fused-ring (bicyclic) bond motifs is 1. The van der Waals surface area contributed by atoms with E-state index in [-0.39, 0.29) is 24.2 Å². The highest BCUT2D eigenvalue weighted by atomic mass is 32.1. The van der Waals surface area contributed by atoms with Crippen LogP contribution in [0, 0.1) is 11.3 Å². The van der Waals surface area contributed by atoms with Gasteiger partial charge in [-0.3, -0.25) is 0 Å². The van der Waals surface area contributed by atoms with E-state index >= 15 is 0 Å². The number of hydrogen-bond donors (Lipinski definition) is 2. The van der Waals surface area contributed by atoms with Gasteiger partial charge in [0.05, 0.1) is 27.2 Å². The van der Waals surface area contributed by atoms with Crippen molar-refractivity contribution in [3.05, 3.63) is 99.0 Å². The molecule has 5 rings (SSSR count). The molecule has 1 heterocycles. The van der Waals surface area contributed by atoms with Gasteiger partial charge in [-0.2, -0.15) is 13.2 Å². The first kappa shape index (κ1) is 27.1. The van der Waals surface area contributed by atoms with Gasteiger partial charge in [0.1, 0.15) is 0 Å². The maximum atomic E-state index is 13.6. The molecule has 0 aliphatic heterocycles. The van der Waals surface area contributed by atoms with E-state index in [9.17, 15) is 23.4 Å². The van der Waals surface area contributed by atoms with Crippen molar-refractivity contribution >= 4 is 11.3 Å². The molecule has 2 aromatic carbocycles. The average Bonchev–Trinajstić information content (AvgIpc) is 3.45. The quantitative estimate of drug-likeness (QED) is 0.231. The van der Waals surface area contributed by atoms with Crippen LogP contribution >= 0.6 is 11.3 Å². The lowest BCUT2D eigenvalue weighted by molar-refractivity contribution is -0.137. The molecule has 4 nitrogen and oxygen atoms in total. The Hall–Kier alpha value is -2.52. The summed E-state index contributed by atoms with van der Waals surface area (Å²) >= 11 is 1.41. The van der Waals surface area contributed by atoms with Crippen molar-refractivity contribution in [1.29, 1.82) is 0 Å². The number of halogens is 3. The molecule has 1 saturated carbocycles. The third-order valence-electron chi connectivity index (χ3n) is 8.07. The van der Waals surface area contributed by atoms with Crippen molar-refractivity contribution in [1.82, 2.24) is 4.98 Å². The molecular weight excluding hydrogens is 511 g/mol. The number of hydrogen-bond acceptors (Lipinski definition) is 5. The van der Waals surface area contributed by atoms with Gasteiger partial charge in [-0.05, 0) is 60.9 Å². The van der Waals surface area contributed by atoms with Gasteiger partial charge < -0.3 is 14.9 Å². The summed E-state index contributed by atoms with van der Waals surface area (Å²) in [6.07, 6.45) is -2.93. The normalized spacial score (nSPS) is 26.1. The molecule has 8 heteroatoms. The molecule has 2 aliphatic rings. The number of aryl methyl sites for hydroxylation is 1. The first-order chi connectivity index (χ1) is 18.1. The summed E-state index contributed by atoms with van der Waals surface area (Å²) in [7, 11) is 0. The van der Waals surface area contributed by atoms with E-state index in [1.807, 2.05) is 44.2 Å². The van der Waals surface area contributed by atoms with Crippen LogP contribution in [0.5, 0.6) is 0 Å². The molecule has 0 bridgehead atoms. The molecule has 3 aromatic rings. The topological polar surface area (TPSA) is 62.6 Å². The summed E-state index contributed by atoms with van der Waals surface area (Å²) < 4.78 is 46.0. The molecule has 1 fully saturated rings. The van der Waals surface area contributed by atoms with Gasteiger partial charge in [-0.1, -0.05) is 49.4 Å². The third kappa shape index (κ3) is 4.62. The molecule has 6 atom stereocenters. The first-order valence-electron chi connectivity index (χ1n) is 13.0. The fraction of sp³-hybridized carbons (Fsp3) is 0.433. The third-order valence-corrected chi connectivity index (χ3v) is 9.33. The van der Waals surface area contributed by atoms with E-state index in [0.717, 1.165) is 27.9 Å².